The summed E-state index contributed by atoms with van der Waals surface area (Å²) >= 11 is 0. The van der Waals surface area contributed by atoms with E-state index in [1.807, 2.05) is 0 Å². The van der Waals surface area contributed by atoms with Gasteiger partial charge in [0.05, 0.1) is 11.3 Å². The molecular weight excluding hydrogens is 433 g/mol. The highest BCUT2D eigenvalue weighted by atomic mass is 79.9. The highest BCUT2D eigenvalue weighted by Crippen LogP contribution is 2.14. The molecule has 0 bridgehead atoms. The summed E-state index contributed by atoms with van der Waals surface area (Å²) in [6, 6.07) is 12.5. The van der Waals surface area contributed by atoms with Crippen molar-refractivity contribution >= 4 is 21.3 Å². The van der Waals surface area contributed by atoms with Crippen LogP contribution in [-0.2, 0) is 16.3 Å². The average Bonchev–Trinajstić information content (AvgIpc) is 3.03. The van der Waals surface area contributed by atoms with Gasteiger partial charge in [-0.1, -0.05) is 12.1 Å². The summed E-state index contributed by atoms with van der Waals surface area (Å²) in [4.78, 5) is 12.8. The molecule has 0 N–H and O–H groups in total. The van der Waals surface area contributed by atoms with Crippen LogP contribution in [0, 0.1) is 5.82 Å². The van der Waals surface area contributed by atoms with Crippen molar-refractivity contribution in [1.29, 1.82) is 0 Å². The summed E-state index contributed by atoms with van der Waals surface area (Å²) in [6.45, 7) is 1.10. The van der Waals surface area contributed by atoms with Crippen LogP contribution in [0.25, 0.3) is 0 Å². The molecule has 27 heavy (non-hydrogen) atoms. The Bertz CT molecular complexity index is 952. The summed E-state index contributed by atoms with van der Waals surface area (Å²) in [5.74, 6) is -0.293. The number of benzene rings is 2. The van der Waals surface area contributed by atoms with Crippen LogP contribution < -0.4 is 17.0 Å². The molecule has 1 heterocycles. The number of nitrogens with zero attached hydrogens (tertiary/aromatic N) is 1. The number of carbonyl (C=O) groups is 1. The van der Waals surface area contributed by atoms with Crippen molar-refractivity contribution in [1.82, 2.24) is 0 Å². The van der Waals surface area contributed by atoms with E-state index in [0.717, 1.165) is 31.2 Å². The molecule has 0 unspecified atom stereocenters. The van der Waals surface area contributed by atoms with Gasteiger partial charge < -0.3 is 17.0 Å². The summed E-state index contributed by atoms with van der Waals surface area (Å²) in [6.07, 6.45) is 3.78. The zero-order valence-electron chi connectivity index (χ0n) is 15.0. The lowest BCUT2D eigenvalue weighted by atomic mass is 10.1. The van der Waals surface area contributed by atoms with Gasteiger partial charge in [0, 0.05) is 24.7 Å². The summed E-state index contributed by atoms with van der Waals surface area (Å²) in [7, 11) is -3.27. The normalized spacial score (nSPS) is 14.1. The van der Waals surface area contributed by atoms with Gasteiger partial charge >= 0.3 is 0 Å². The van der Waals surface area contributed by atoms with Crippen molar-refractivity contribution in [2.24, 2.45) is 0 Å². The molecule has 4 nitrogen and oxygen atoms in total. The third-order valence-electron chi connectivity index (χ3n) is 4.60. The van der Waals surface area contributed by atoms with Crippen molar-refractivity contribution in [3.8, 4) is 0 Å². The van der Waals surface area contributed by atoms with E-state index in [-0.39, 0.29) is 40.0 Å². The smallest absolute Gasteiger partial charge is 0.227 e. The van der Waals surface area contributed by atoms with Crippen molar-refractivity contribution in [3.05, 3.63) is 65.5 Å². The minimum atomic E-state index is -3.27. The molecule has 0 saturated carbocycles. The number of hydrogen-bond donors (Lipinski definition) is 0. The van der Waals surface area contributed by atoms with Gasteiger partial charge in [-0.2, -0.15) is 0 Å². The first-order valence-electron chi connectivity index (χ1n) is 8.50. The number of Topliss-reactive ketones (excluding diaryl/α,β-unsaturated/α-hetero) is 1. The molecule has 0 aliphatic carbocycles. The predicted octanol–water partition coefficient (Wildman–Crippen LogP) is -0.0941. The van der Waals surface area contributed by atoms with E-state index in [0.29, 0.717) is 12.0 Å². The SMILES string of the molecule is CS(=O)(=O)c1ccc(C(=O)C[N+]2=C(Cc3ccc(F)cc3)CCC2)cc1.[Br-]. The predicted molar refractivity (Wildman–Crippen MR) is 98.2 cm³/mol. The van der Waals surface area contributed by atoms with Crippen LogP contribution in [0.4, 0.5) is 4.39 Å². The zero-order valence-corrected chi connectivity index (χ0v) is 17.4. The van der Waals surface area contributed by atoms with E-state index in [1.165, 1.54) is 30.0 Å². The first kappa shape index (κ1) is 21.4. The van der Waals surface area contributed by atoms with Gasteiger partial charge in [0.1, 0.15) is 12.4 Å². The van der Waals surface area contributed by atoms with Gasteiger partial charge in [-0.25, -0.2) is 17.4 Å². The molecule has 1 aliphatic rings. The van der Waals surface area contributed by atoms with E-state index < -0.39 is 9.84 Å². The second kappa shape index (κ2) is 8.89. The average molecular weight is 454 g/mol. The molecule has 2 aromatic rings. The Morgan fingerprint density at radius 3 is 2.30 bits per heavy atom. The lowest BCUT2D eigenvalue weighted by Gasteiger charge is -2.04. The van der Waals surface area contributed by atoms with E-state index in [9.17, 15) is 17.6 Å². The van der Waals surface area contributed by atoms with E-state index in [4.69, 9.17) is 0 Å². The van der Waals surface area contributed by atoms with Crippen LogP contribution in [0.1, 0.15) is 28.8 Å². The molecule has 0 atom stereocenters. The Morgan fingerprint density at radius 1 is 1.07 bits per heavy atom. The maximum Gasteiger partial charge on any atom is 0.227 e. The molecule has 0 radical (unpaired) electrons. The maximum absolute atomic E-state index is 13.0. The Balaban J connectivity index is 0.00000261. The largest absolute Gasteiger partial charge is 1.00 e. The summed E-state index contributed by atoms with van der Waals surface area (Å²) in [5.41, 5.74) is 2.71. The maximum atomic E-state index is 13.0. The van der Waals surface area contributed by atoms with Gasteiger partial charge in [-0.3, -0.25) is 4.79 Å². The van der Waals surface area contributed by atoms with E-state index in [1.54, 1.807) is 24.3 Å². The molecule has 2 aromatic carbocycles. The second-order valence-corrected chi connectivity index (χ2v) is 8.63. The fraction of sp³-hybridized carbons (Fsp3) is 0.300. The molecule has 1 aliphatic heterocycles. The van der Waals surface area contributed by atoms with Crippen LogP contribution in [0.3, 0.4) is 0 Å². The molecular formula is C20H21BrFNO3S. The first-order valence-corrected chi connectivity index (χ1v) is 10.4. The van der Waals surface area contributed by atoms with E-state index in [2.05, 4.69) is 4.58 Å². The first-order chi connectivity index (χ1) is 12.3. The molecule has 0 saturated heterocycles. The van der Waals surface area contributed by atoms with Crippen LogP contribution in [0.5, 0.6) is 0 Å². The Labute approximate surface area is 169 Å². The van der Waals surface area contributed by atoms with Crippen molar-refractivity contribution in [2.45, 2.75) is 24.2 Å². The topological polar surface area (TPSA) is 54.2 Å². The van der Waals surface area contributed by atoms with Crippen molar-refractivity contribution in [3.63, 3.8) is 0 Å². The highest BCUT2D eigenvalue weighted by molar-refractivity contribution is 7.90. The number of sulfone groups is 1. The zero-order chi connectivity index (χ0) is 18.7. The van der Waals surface area contributed by atoms with Gasteiger partial charge in [0.25, 0.3) is 0 Å². The molecule has 7 heteroatoms. The minimum Gasteiger partial charge on any atom is -1.00 e. The molecule has 0 aromatic heterocycles. The van der Waals surface area contributed by atoms with Crippen molar-refractivity contribution in [2.75, 3.05) is 19.3 Å². The fourth-order valence-electron chi connectivity index (χ4n) is 3.17. The van der Waals surface area contributed by atoms with Gasteiger partial charge in [-0.05, 0) is 42.0 Å². The number of rotatable bonds is 6. The Kier molecular flexibility index (Phi) is 7.06. The number of ketones is 1. The van der Waals surface area contributed by atoms with Crippen LogP contribution in [0.2, 0.25) is 0 Å². The molecule has 0 spiro atoms. The number of halogens is 2. The molecule has 0 amide bonds. The monoisotopic (exact) mass is 453 g/mol. The van der Waals surface area contributed by atoms with Crippen molar-refractivity contribution < 1.29 is 39.2 Å². The summed E-state index contributed by atoms with van der Waals surface area (Å²) in [5, 5.41) is 0. The minimum absolute atomic E-state index is 0. The van der Waals surface area contributed by atoms with Crippen LogP contribution in [-0.4, -0.2) is 43.8 Å². The fourth-order valence-corrected chi connectivity index (χ4v) is 3.80. The standard InChI is InChI=1S/C20H21FNO3S.BrH/c1-26(24,25)19-10-6-16(7-11-19)20(23)14-22-12-2-3-18(22)13-15-4-8-17(21)9-5-15;/h4-11H,2-3,12-14H2,1H3;1H/q+1;/p-1. The number of carbonyl (C=O) groups excluding carboxylic acids is 1. The molecule has 144 valence electrons. The van der Waals surface area contributed by atoms with E-state index >= 15 is 0 Å². The van der Waals surface area contributed by atoms with Gasteiger partial charge in [0.15, 0.2) is 15.5 Å². The second-order valence-electron chi connectivity index (χ2n) is 6.61. The number of hydrogen-bond acceptors (Lipinski definition) is 3. The third-order valence-corrected chi connectivity index (χ3v) is 5.73. The van der Waals surface area contributed by atoms with Gasteiger partial charge in [0.2, 0.25) is 12.3 Å². The van der Waals surface area contributed by atoms with Crippen LogP contribution >= 0.6 is 0 Å². The summed E-state index contributed by atoms with van der Waals surface area (Å²) < 4.78 is 38.1. The lowest BCUT2D eigenvalue weighted by Crippen LogP contribution is -3.00. The third kappa shape index (κ3) is 5.56. The van der Waals surface area contributed by atoms with Crippen LogP contribution in [0.15, 0.2) is 53.4 Å². The molecule has 0 fully saturated rings. The lowest BCUT2D eigenvalue weighted by molar-refractivity contribution is -0.507. The Morgan fingerprint density at radius 2 is 1.70 bits per heavy atom. The quantitative estimate of drug-likeness (QED) is 0.453. The highest BCUT2D eigenvalue weighted by Gasteiger charge is 2.25. The Hall–Kier alpha value is -1.86. The van der Waals surface area contributed by atoms with Gasteiger partial charge in [-0.15, -0.1) is 0 Å². The molecule has 3 rings (SSSR count).